The van der Waals surface area contributed by atoms with Crippen LogP contribution in [0.25, 0.3) is 11.8 Å². The Balaban J connectivity index is 2.05. The number of rotatable bonds is 3. The van der Waals surface area contributed by atoms with Crippen LogP contribution in [0.3, 0.4) is 0 Å². The Morgan fingerprint density at radius 3 is 2.46 bits per heavy atom. The zero-order valence-electron chi connectivity index (χ0n) is 14.7. The first-order valence-electron chi connectivity index (χ1n) is 8.17. The van der Waals surface area contributed by atoms with Gasteiger partial charge in [-0.3, -0.25) is 19.8 Å². The number of carbonyl (C=O) groups is 2. The van der Waals surface area contributed by atoms with Gasteiger partial charge in [0.15, 0.2) is 5.11 Å². The van der Waals surface area contributed by atoms with Crippen LogP contribution in [0, 0.1) is 19.7 Å². The van der Waals surface area contributed by atoms with Crippen LogP contribution >= 0.6 is 12.2 Å². The average molecular weight is 371 g/mol. The molecule has 0 unspecified atom stereocenters. The molecule has 1 aromatic heterocycles. The van der Waals surface area contributed by atoms with Gasteiger partial charge in [0.1, 0.15) is 11.4 Å². The van der Waals surface area contributed by atoms with Crippen LogP contribution in [0.5, 0.6) is 0 Å². The fourth-order valence-corrected chi connectivity index (χ4v) is 3.36. The summed E-state index contributed by atoms with van der Waals surface area (Å²) < 4.78 is 15.1. The van der Waals surface area contributed by atoms with E-state index >= 15 is 0 Å². The fourth-order valence-electron chi connectivity index (χ4n) is 3.06. The third-order valence-corrected chi connectivity index (χ3v) is 4.68. The lowest BCUT2D eigenvalue weighted by Gasteiger charge is -2.27. The molecule has 7 heteroatoms. The Bertz CT molecular complexity index is 944. The molecule has 0 aliphatic carbocycles. The van der Waals surface area contributed by atoms with Crippen LogP contribution in [0.4, 0.5) is 4.39 Å². The number of amides is 2. The molecule has 1 fully saturated rings. The first-order valence-corrected chi connectivity index (χ1v) is 8.58. The van der Waals surface area contributed by atoms with Crippen molar-refractivity contribution in [3.63, 3.8) is 0 Å². The van der Waals surface area contributed by atoms with Crippen LogP contribution in [0.2, 0.25) is 0 Å². The van der Waals surface area contributed by atoms with Gasteiger partial charge in [-0.25, -0.2) is 4.39 Å². The second-order valence-electron chi connectivity index (χ2n) is 6.00. The van der Waals surface area contributed by atoms with Gasteiger partial charge < -0.3 is 4.57 Å². The second kappa shape index (κ2) is 6.84. The Labute approximate surface area is 156 Å². The molecule has 134 valence electrons. The molecule has 1 aliphatic rings. The van der Waals surface area contributed by atoms with Gasteiger partial charge in [0.2, 0.25) is 0 Å². The molecule has 0 saturated carbocycles. The van der Waals surface area contributed by atoms with Crippen LogP contribution in [0.15, 0.2) is 35.9 Å². The molecule has 1 aromatic carbocycles. The van der Waals surface area contributed by atoms with Gasteiger partial charge in [-0.15, -0.1) is 0 Å². The number of aromatic nitrogens is 1. The summed E-state index contributed by atoms with van der Waals surface area (Å²) in [4.78, 5) is 26.1. The highest BCUT2D eigenvalue weighted by atomic mass is 32.1. The summed E-state index contributed by atoms with van der Waals surface area (Å²) in [5, 5.41) is 2.66. The second-order valence-corrected chi connectivity index (χ2v) is 6.39. The Morgan fingerprint density at radius 2 is 1.85 bits per heavy atom. The summed E-state index contributed by atoms with van der Waals surface area (Å²) in [5.74, 6) is -1.22. The number of nitrogens with zero attached hydrogens (tertiary/aromatic N) is 2. The number of likely N-dealkylation sites (N-methyl/N-ethyl adjacent to an activating group) is 1. The molecular formula is C19H18FN3O2S. The van der Waals surface area contributed by atoms with E-state index in [1.807, 2.05) is 24.5 Å². The Hall–Kier alpha value is -2.80. The van der Waals surface area contributed by atoms with Crippen LogP contribution in [-0.4, -0.2) is 32.9 Å². The highest BCUT2D eigenvalue weighted by Crippen LogP contribution is 2.24. The van der Waals surface area contributed by atoms with E-state index in [1.165, 1.54) is 17.0 Å². The molecule has 5 nitrogen and oxygen atoms in total. The maximum atomic E-state index is 13.2. The first kappa shape index (κ1) is 18.0. The summed E-state index contributed by atoms with van der Waals surface area (Å²) >= 11 is 5.03. The molecule has 2 aromatic rings. The molecular weight excluding hydrogens is 353 g/mol. The van der Waals surface area contributed by atoms with Crippen molar-refractivity contribution in [3.05, 3.63) is 58.7 Å². The minimum Gasteiger partial charge on any atom is -0.318 e. The van der Waals surface area contributed by atoms with Crippen molar-refractivity contribution in [2.24, 2.45) is 0 Å². The SMILES string of the molecule is CCN1C(=O)/C(=C\c2cc(C)n(-c3ccc(F)cc3)c2C)C(=O)NC1=S. The van der Waals surface area contributed by atoms with Crippen LogP contribution in [-0.2, 0) is 9.59 Å². The number of halogens is 1. The number of aryl methyl sites for hydroxylation is 1. The van der Waals surface area contributed by atoms with E-state index < -0.39 is 11.8 Å². The van der Waals surface area contributed by atoms with Gasteiger partial charge in [0, 0.05) is 23.6 Å². The van der Waals surface area contributed by atoms with E-state index in [-0.39, 0.29) is 16.5 Å². The maximum Gasteiger partial charge on any atom is 0.265 e. The van der Waals surface area contributed by atoms with Gasteiger partial charge in [-0.2, -0.15) is 0 Å². The van der Waals surface area contributed by atoms with E-state index in [0.29, 0.717) is 6.54 Å². The Kier molecular flexibility index (Phi) is 4.73. The molecule has 26 heavy (non-hydrogen) atoms. The molecule has 2 heterocycles. The summed E-state index contributed by atoms with van der Waals surface area (Å²) in [6, 6.07) is 8.04. The highest BCUT2D eigenvalue weighted by molar-refractivity contribution is 7.80. The smallest absolute Gasteiger partial charge is 0.265 e. The summed E-state index contributed by atoms with van der Waals surface area (Å²) in [5.41, 5.74) is 3.35. The lowest BCUT2D eigenvalue weighted by molar-refractivity contribution is -0.128. The zero-order chi connectivity index (χ0) is 19.0. The van der Waals surface area contributed by atoms with Crippen LogP contribution < -0.4 is 5.32 Å². The largest absolute Gasteiger partial charge is 0.318 e. The molecule has 1 N–H and O–H groups in total. The van der Waals surface area contributed by atoms with Gasteiger partial charge >= 0.3 is 0 Å². The number of nitrogens with one attached hydrogen (secondary N) is 1. The van der Waals surface area contributed by atoms with E-state index in [9.17, 15) is 14.0 Å². The quantitative estimate of drug-likeness (QED) is 0.513. The van der Waals surface area contributed by atoms with Gasteiger partial charge in [0.05, 0.1) is 0 Å². The standard InChI is InChI=1S/C19H18FN3O2S/c1-4-22-18(25)16(17(24)21-19(22)26)10-13-9-11(2)23(12(13)3)15-7-5-14(20)6-8-15/h5-10H,4H2,1-3H3,(H,21,24,26)/b16-10-. The number of benzene rings is 1. The molecule has 0 atom stereocenters. The zero-order valence-corrected chi connectivity index (χ0v) is 15.5. The van der Waals surface area contributed by atoms with E-state index in [4.69, 9.17) is 12.2 Å². The fraction of sp³-hybridized carbons (Fsp3) is 0.211. The van der Waals surface area contributed by atoms with Crippen molar-refractivity contribution in [3.8, 4) is 5.69 Å². The maximum absolute atomic E-state index is 13.2. The van der Waals surface area contributed by atoms with Gasteiger partial charge in [0.25, 0.3) is 11.8 Å². The third kappa shape index (κ3) is 3.06. The third-order valence-electron chi connectivity index (χ3n) is 4.36. The predicted octanol–water partition coefficient (Wildman–Crippen LogP) is 2.88. The van der Waals surface area contributed by atoms with Gasteiger partial charge in [-0.1, -0.05) is 0 Å². The van der Waals surface area contributed by atoms with E-state index in [1.54, 1.807) is 25.1 Å². The molecule has 1 saturated heterocycles. The molecule has 3 rings (SSSR count). The minimum atomic E-state index is -0.503. The summed E-state index contributed by atoms with van der Waals surface area (Å²) in [7, 11) is 0. The van der Waals surface area contributed by atoms with Crippen LogP contribution in [0.1, 0.15) is 23.9 Å². The molecule has 0 radical (unpaired) electrons. The molecule has 2 amide bonds. The number of thiocarbonyl (C=S) groups is 1. The number of hydrogen-bond acceptors (Lipinski definition) is 3. The average Bonchev–Trinajstić information content (AvgIpc) is 2.86. The van der Waals surface area contributed by atoms with Crippen molar-refractivity contribution in [2.75, 3.05) is 6.54 Å². The van der Waals surface area contributed by atoms with Gasteiger partial charge in [-0.05, 0) is 75.0 Å². The lowest BCUT2D eigenvalue weighted by Crippen LogP contribution is -2.53. The first-order chi connectivity index (χ1) is 12.3. The van der Waals surface area contributed by atoms with Crippen molar-refractivity contribution in [2.45, 2.75) is 20.8 Å². The van der Waals surface area contributed by atoms with Crippen molar-refractivity contribution in [1.29, 1.82) is 0 Å². The topological polar surface area (TPSA) is 54.3 Å². The van der Waals surface area contributed by atoms with Crippen molar-refractivity contribution >= 4 is 35.2 Å². The molecule has 0 bridgehead atoms. The summed E-state index contributed by atoms with van der Waals surface area (Å²) in [6.45, 7) is 5.97. The number of hydrogen-bond donors (Lipinski definition) is 1. The van der Waals surface area contributed by atoms with Crippen molar-refractivity contribution < 1.29 is 14.0 Å². The predicted molar refractivity (Wildman–Crippen MR) is 101 cm³/mol. The highest BCUT2D eigenvalue weighted by Gasteiger charge is 2.32. The minimum absolute atomic E-state index is 0.0415. The molecule has 0 spiro atoms. The monoisotopic (exact) mass is 371 g/mol. The lowest BCUT2D eigenvalue weighted by atomic mass is 10.1. The number of carbonyl (C=O) groups excluding carboxylic acids is 2. The van der Waals surface area contributed by atoms with E-state index in [2.05, 4.69) is 5.32 Å². The normalized spacial score (nSPS) is 16.4. The molecule has 1 aliphatic heterocycles. The summed E-state index contributed by atoms with van der Waals surface area (Å²) in [6.07, 6.45) is 1.57. The van der Waals surface area contributed by atoms with Crippen molar-refractivity contribution in [1.82, 2.24) is 14.8 Å². The Morgan fingerprint density at radius 1 is 1.19 bits per heavy atom. The van der Waals surface area contributed by atoms with E-state index in [0.717, 1.165) is 22.6 Å².